The van der Waals surface area contributed by atoms with Crippen molar-refractivity contribution in [3.05, 3.63) is 125 Å². The first-order valence-electron chi connectivity index (χ1n) is 32.1. The van der Waals surface area contributed by atoms with E-state index in [1.807, 2.05) is 64.4 Å². The summed E-state index contributed by atoms with van der Waals surface area (Å²) in [4.78, 5) is 85.5. The van der Waals surface area contributed by atoms with Crippen molar-refractivity contribution in [2.45, 2.75) is 193 Å². The summed E-state index contributed by atoms with van der Waals surface area (Å²) in [5.74, 6) is -3.60. The van der Waals surface area contributed by atoms with Crippen LogP contribution >= 0.6 is 11.3 Å². The molecule has 1 aliphatic heterocycles. The number of anilines is 2. The highest BCUT2D eigenvalue weighted by Crippen LogP contribution is 2.56. The van der Waals surface area contributed by atoms with Gasteiger partial charge in [0, 0.05) is 56.1 Å². The number of aromatic hydroxyl groups is 1. The van der Waals surface area contributed by atoms with Gasteiger partial charge in [0.25, 0.3) is 0 Å². The van der Waals surface area contributed by atoms with Crippen LogP contribution in [0.2, 0.25) is 0 Å². The molecule has 7 atom stereocenters. The molecule has 1 aromatic heterocycles. The third-order valence-corrected chi connectivity index (χ3v) is 20.2. The average molecular weight is 1270 g/mol. The van der Waals surface area contributed by atoms with E-state index in [2.05, 4.69) is 26.3 Å². The van der Waals surface area contributed by atoms with Gasteiger partial charge in [-0.3, -0.25) is 28.8 Å². The largest absolute Gasteiger partial charge is 0.508 e. The molecule has 484 valence electrons. The van der Waals surface area contributed by atoms with Crippen molar-refractivity contribution in [3.8, 4) is 21.9 Å². The Hall–Kier alpha value is -7.42. The van der Waals surface area contributed by atoms with Gasteiger partial charge in [0.15, 0.2) is 0 Å². The number of amides is 4. The Morgan fingerprint density at radius 2 is 1.23 bits per heavy atom. The zero-order valence-electron chi connectivity index (χ0n) is 52.6. The van der Waals surface area contributed by atoms with Crippen molar-refractivity contribution in [1.82, 2.24) is 20.5 Å². The number of aromatic nitrogens is 1. The molecule has 2 aliphatic carbocycles. The van der Waals surface area contributed by atoms with E-state index in [9.17, 15) is 47.4 Å². The number of aliphatic hydroxyl groups is 1. The molecule has 3 aliphatic rings. The van der Waals surface area contributed by atoms with E-state index in [1.165, 1.54) is 17.0 Å². The first-order valence-corrected chi connectivity index (χ1v) is 34.5. The fourth-order valence-corrected chi connectivity index (χ4v) is 15.0. The summed E-state index contributed by atoms with van der Waals surface area (Å²) < 4.78 is 33.9. The molecule has 18 nitrogen and oxygen atoms in total. The second-order valence-corrected chi connectivity index (χ2v) is 28.2. The average Bonchev–Trinajstić information content (AvgIpc) is 1.55. The lowest BCUT2D eigenvalue weighted by atomic mass is 9.83. The number of likely N-dealkylation sites (tertiary alicyclic amines) is 1. The molecular weight excluding hydrogens is 1180 g/mol. The summed E-state index contributed by atoms with van der Waals surface area (Å²) in [7, 11) is -4.30. The number of benzene rings is 4. The molecule has 2 fully saturated rings. The molecule has 20 heteroatoms. The number of nitrogens with one attached hydrogen (secondary N) is 4. The first kappa shape index (κ1) is 68.5. The molecule has 1 saturated carbocycles. The summed E-state index contributed by atoms with van der Waals surface area (Å²) in [5.41, 5.74) is 8.14. The first-order chi connectivity index (χ1) is 43.1. The predicted molar refractivity (Wildman–Crippen MR) is 352 cm³/mol. The van der Waals surface area contributed by atoms with Crippen molar-refractivity contribution >= 4 is 79.4 Å². The number of aryl methyl sites for hydroxylation is 1. The Morgan fingerprint density at radius 3 is 1.82 bits per heavy atom. The predicted octanol–water partition coefficient (Wildman–Crippen LogP) is 12.6. The minimum atomic E-state index is -4.30. The molecule has 2 bridgehead atoms. The number of hydrogen-bond acceptors (Lipinski definition) is 14. The monoisotopic (exact) mass is 1270 g/mol. The number of carboxylic acid groups (broad SMARTS) is 1. The quantitative estimate of drug-likeness (QED) is 0.0149. The van der Waals surface area contributed by atoms with Crippen molar-refractivity contribution in [2.75, 3.05) is 23.7 Å². The van der Waals surface area contributed by atoms with Crippen LogP contribution in [0.25, 0.3) is 21.6 Å². The number of aliphatic carboxylic acids is 1. The Kier molecular flexibility index (Phi) is 24.4. The number of aliphatic hydroxyl groups excluding tert-OH is 1. The van der Waals surface area contributed by atoms with E-state index in [0.29, 0.717) is 53.6 Å². The maximum absolute atomic E-state index is 14.1. The highest BCUT2D eigenvalue weighted by atomic mass is 32.2. The zero-order chi connectivity index (χ0) is 64.5. The molecule has 0 radical (unpaired) electrons. The third-order valence-electron chi connectivity index (χ3n) is 17.5. The molecule has 4 aromatic carbocycles. The van der Waals surface area contributed by atoms with Gasteiger partial charge in [0.2, 0.25) is 23.6 Å². The van der Waals surface area contributed by atoms with Gasteiger partial charge in [-0.05, 0) is 133 Å². The summed E-state index contributed by atoms with van der Waals surface area (Å²) >= 11 is 1.58. The number of phenolic OH excluding ortho intramolecular Hbond substituents is 1. The number of carbonyl (C=O) groups is 6. The van der Waals surface area contributed by atoms with Crippen LogP contribution in [0.1, 0.15) is 185 Å². The Morgan fingerprint density at radius 1 is 0.689 bits per heavy atom. The number of carbonyl (C=O) groups excluding carboxylic acids is 5. The van der Waals surface area contributed by atoms with Crippen LogP contribution in [0.5, 0.6) is 11.5 Å². The number of ketones is 1. The van der Waals surface area contributed by atoms with E-state index in [4.69, 9.17) is 9.29 Å². The molecule has 1 saturated heterocycles. The molecule has 0 spiro atoms. The maximum atomic E-state index is 14.1. The lowest BCUT2D eigenvalue weighted by Crippen LogP contribution is -2.57. The molecule has 4 amide bonds. The molecule has 7 N–H and O–H groups in total. The maximum Gasteiger partial charge on any atom is 0.313 e. The summed E-state index contributed by atoms with van der Waals surface area (Å²) in [6.07, 6.45) is 14.2. The van der Waals surface area contributed by atoms with Crippen LogP contribution in [0, 0.1) is 24.2 Å². The number of unbranched alkanes of at least 4 members (excludes halogenated alkanes) is 13. The van der Waals surface area contributed by atoms with Gasteiger partial charge < -0.3 is 45.7 Å². The van der Waals surface area contributed by atoms with Crippen LogP contribution in [0.15, 0.2) is 103 Å². The minimum Gasteiger partial charge on any atom is -0.508 e. The second-order valence-electron chi connectivity index (χ2n) is 25.6. The minimum absolute atomic E-state index is 0.0165. The smallest absolute Gasteiger partial charge is 0.313 e. The molecule has 1 unspecified atom stereocenters. The Bertz CT molecular complexity index is 3400. The van der Waals surface area contributed by atoms with Gasteiger partial charge in [-0.2, -0.15) is 8.42 Å². The van der Waals surface area contributed by atoms with Crippen molar-refractivity contribution < 1.29 is 56.7 Å². The van der Waals surface area contributed by atoms with Crippen molar-refractivity contribution in [2.24, 2.45) is 17.3 Å². The van der Waals surface area contributed by atoms with Crippen LogP contribution in [0.4, 0.5) is 11.4 Å². The fraction of sp³-hybridized carbons (Fsp3) is 0.500. The zero-order valence-corrected chi connectivity index (χ0v) is 54.3. The summed E-state index contributed by atoms with van der Waals surface area (Å²) in [5, 5.41) is 40.8. The molecule has 2 heterocycles. The molecule has 5 aromatic rings. The van der Waals surface area contributed by atoms with Gasteiger partial charge >= 0.3 is 16.1 Å². The normalized spacial score (nSPS) is 18.8. The van der Waals surface area contributed by atoms with E-state index >= 15 is 0 Å². The number of allylic oxidation sites excluding steroid dienone is 2. The number of carboxylic acids is 1. The summed E-state index contributed by atoms with van der Waals surface area (Å²) in [6.45, 7) is 10.3. The number of rotatable bonds is 34. The Balaban J connectivity index is 0.694. The van der Waals surface area contributed by atoms with Crippen molar-refractivity contribution in [1.29, 1.82) is 0 Å². The lowest BCUT2D eigenvalue weighted by Gasteiger charge is -2.35. The van der Waals surface area contributed by atoms with Crippen LogP contribution in [0.3, 0.4) is 0 Å². The topological polar surface area (TPSA) is 271 Å². The highest BCUT2D eigenvalue weighted by molar-refractivity contribution is 7.87. The van der Waals surface area contributed by atoms with Gasteiger partial charge in [-0.25, -0.2) is 4.98 Å². The fourth-order valence-electron chi connectivity index (χ4n) is 12.6. The number of β-amino-alcohol motifs (C(OH)–C–C–N with tert-alkyl or cyclic N) is 1. The SMILES string of the molecule is Cc1ncsc1-c1ccc([C@@H](C)NC(=O)[C@@H]2C[C@@H](O)CN2C(=O)[C@@H](NC(=O)CCCCCCCCCCCCCNc2ccc(OS(=O)(=O)C3C[C@H]4C(=O)[C@H]3C(c3ccc(NC(=O)CCCCCCC(=O)O)cc3)=C4c3ccc(O)cc3)cc2)C(C)(C)C)cc1. The van der Waals surface area contributed by atoms with E-state index in [1.54, 1.807) is 72.0 Å². The Labute approximate surface area is 534 Å². The van der Waals surface area contributed by atoms with Crippen LogP contribution < -0.4 is 25.5 Å². The van der Waals surface area contributed by atoms with E-state index in [-0.39, 0.29) is 79.2 Å². The van der Waals surface area contributed by atoms with Crippen molar-refractivity contribution in [3.63, 3.8) is 0 Å². The van der Waals surface area contributed by atoms with E-state index < -0.39 is 56.8 Å². The van der Waals surface area contributed by atoms with Gasteiger partial charge in [0.05, 0.1) is 34.1 Å². The van der Waals surface area contributed by atoms with Crippen LogP contribution in [-0.2, 0) is 38.9 Å². The number of hydrogen-bond donors (Lipinski definition) is 7. The molecule has 8 rings (SSSR count). The van der Waals surface area contributed by atoms with E-state index in [0.717, 1.165) is 111 Å². The van der Waals surface area contributed by atoms with Gasteiger partial charge in [-0.1, -0.05) is 140 Å². The number of fused-ring (bicyclic) bond motifs is 2. The second kappa shape index (κ2) is 32.0. The number of thiazole rings is 1. The van der Waals surface area contributed by atoms with Gasteiger partial charge in [-0.15, -0.1) is 11.3 Å². The summed E-state index contributed by atoms with van der Waals surface area (Å²) in [6, 6.07) is 26.2. The number of phenols is 1. The molecular formula is C70H90N6O12S2. The number of nitrogens with zero attached hydrogens (tertiary/aromatic N) is 2. The highest BCUT2D eigenvalue weighted by Gasteiger charge is 2.58. The number of Topliss-reactive ketones (excluding diaryl/α,β-unsaturated/α-hetero) is 1. The molecule has 90 heavy (non-hydrogen) atoms. The lowest BCUT2D eigenvalue weighted by molar-refractivity contribution is -0.144. The van der Waals surface area contributed by atoms with Gasteiger partial charge in [0.1, 0.15) is 34.6 Å². The van der Waals surface area contributed by atoms with Crippen LogP contribution in [-0.4, -0.2) is 106 Å². The third kappa shape index (κ3) is 18.6. The standard InChI is InChI=1S/C70H90N6O12S2/c1-45(47-24-26-50(27-25-47)66-46(2)72-44-89-66)73-68(84)57-41-54(78)43-76(57)69(85)67(70(3,4)5)75-60(80)22-17-13-11-9-7-6-8-10-12-16-20-40-71-51-34-38-55(39-35-51)88-90(86,87)58-42-56-62(48-30-36-53(77)37-31-48)63(64(58)65(56)83)49-28-32-52(33-29-49)74-59(79)21-18-14-15-19-23-61(81)82/h24-39,44-45,54,56-58,64,67,71,77-78H,6-23,40-43H2,1-5H3,(H,73,84)(H,74,79)(H,75,80)(H,81,82)/t45-,54-,56-,57+,58?,64-,67-/m1/s1.